The highest BCUT2D eigenvalue weighted by atomic mass is 127. The van der Waals surface area contributed by atoms with Crippen LogP contribution in [0.2, 0.25) is 0 Å². The molecule has 1 heterocycles. The number of rotatable bonds is 10. The third-order valence-electron chi connectivity index (χ3n) is 4.58. The number of benzene rings is 2. The molecular weight excluding hydrogens is 521 g/mol. The Morgan fingerprint density at radius 1 is 1.19 bits per heavy atom. The molecule has 1 aromatic heterocycles. The van der Waals surface area contributed by atoms with Crippen molar-refractivity contribution in [2.24, 2.45) is 5.10 Å². The molecule has 1 amide bonds. The number of hydrogen-bond donors (Lipinski definition) is 1. The summed E-state index contributed by atoms with van der Waals surface area (Å²) < 4.78 is 18.3. The zero-order valence-corrected chi connectivity index (χ0v) is 20.5. The Balaban J connectivity index is 1.62. The first-order chi connectivity index (χ1) is 15.5. The van der Waals surface area contributed by atoms with Crippen LogP contribution in [-0.4, -0.2) is 36.4 Å². The fourth-order valence-corrected chi connectivity index (χ4v) is 3.62. The smallest absolute Gasteiger partial charge is 0.277 e. The van der Waals surface area contributed by atoms with Crippen molar-refractivity contribution in [1.29, 1.82) is 0 Å². The third kappa shape index (κ3) is 6.32. The zero-order valence-electron chi connectivity index (χ0n) is 18.3. The standard InChI is InChI=1S/C24H26IN3O4/c1-4-16(3)32-24-19(25)12-17(13-21(24)30-5-2)14-27-28-22(29)15-31-20-10-6-8-18-9-7-11-26-23(18)20/h6-14,16H,4-5,15H2,1-3H3,(H,28,29)/b27-14+/t16-/m0/s1. The van der Waals surface area contributed by atoms with Crippen molar-refractivity contribution in [3.8, 4) is 17.2 Å². The molecule has 0 saturated heterocycles. The number of carbonyl (C=O) groups is 1. The van der Waals surface area contributed by atoms with Gasteiger partial charge in [0.1, 0.15) is 11.3 Å². The summed E-state index contributed by atoms with van der Waals surface area (Å²) in [6, 6.07) is 13.2. The maximum absolute atomic E-state index is 12.2. The van der Waals surface area contributed by atoms with Crippen LogP contribution in [0.25, 0.3) is 10.9 Å². The van der Waals surface area contributed by atoms with Gasteiger partial charge < -0.3 is 14.2 Å². The number of halogens is 1. The molecule has 0 unspecified atom stereocenters. The van der Waals surface area contributed by atoms with Crippen LogP contribution >= 0.6 is 22.6 Å². The minimum absolute atomic E-state index is 0.0819. The van der Waals surface area contributed by atoms with Gasteiger partial charge in [-0.05, 0) is 72.7 Å². The molecule has 0 bridgehead atoms. The van der Waals surface area contributed by atoms with E-state index in [1.165, 1.54) is 0 Å². The monoisotopic (exact) mass is 547 g/mol. The van der Waals surface area contributed by atoms with Gasteiger partial charge >= 0.3 is 0 Å². The van der Waals surface area contributed by atoms with Gasteiger partial charge in [0.2, 0.25) is 0 Å². The van der Waals surface area contributed by atoms with E-state index < -0.39 is 0 Å². The van der Waals surface area contributed by atoms with E-state index in [2.05, 4.69) is 45.0 Å². The van der Waals surface area contributed by atoms with Gasteiger partial charge in [0.15, 0.2) is 18.1 Å². The van der Waals surface area contributed by atoms with E-state index in [9.17, 15) is 4.79 Å². The second-order valence-corrected chi connectivity index (χ2v) is 8.18. The Bertz CT molecular complexity index is 1100. The number of hydrazone groups is 1. The van der Waals surface area contributed by atoms with Gasteiger partial charge in [-0.25, -0.2) is 5.43 Å². The molecule has 0 aliphatic rings. The van der Waals surface area contributed by atoms with Crippen molar-refractivity contribution >= 4 is 45.6 Å². The van der Waals surface area contributed by atoms with Gasteiger partial charge in [-0.1, -0.05) is 25.1 Å². The van der Waals surface area contributed by atoms with E-state index >= 15 is 0 Å². The number of para-hydroxylation sites is 1. The number of hydrogen-bond acceptors (Lipinski definition) is 6. The molecule has 0 fully saturated rings. The molecule has 0 aliphatic heterocycles. The van der Waals surface area contributed by atoms with Crippen molar-refractivity contribution in [1.82, 2.24) is 10.4 Å². The molecule has 168 valence electrons. The first kappa shape index (κ1) is 23.8. The molecule has 32 heavy (non-hydrogen) atoms. The first-order valence-corrected chi connectivity index (χ1v) is 11.5. The number of ether oxygens (including phenoxy) is 3. The van der Waals surface area contributed by atoms with Gasteiger partial charge in [-0.2, -0.15) is 5.10 Å². The summed E-state index contributed by atoms with van der Waals surface area (Å²) in [6.45, 7) is 6.36. The molecular formula is C24H26IN3O4. The summed E-state index contributed by atoms with van der Waals surface area (Å²) in [5.41, 5.74) is 3.98. The second-order valence-electron chi connectivity index (χ2n) is 7.01. The molecule has 3 aromatic rings. The number of fused-ring (bicyclic) bond motifs is 1. The summed E-state index contributed by atoms with van der Waals surface area (Å²) in [5, 5.41) is 4.99. The lowest BCUT2D eigenvalue weighted by Gasteiger charge is -2.18. The molecule has 0 radical (unpaired) electrons. The van der Waals surface area contributed by atoms with Gasteiger partial charge in [-0.15, -0.1) is 0 Å². The largest absolute Gasteiger partial charge is 0.490 e. The SMILES string of the molecule is CCOc1cc(/C=N/NC(=O)COc2cccc3cccnc23)cc(I)c1O[C@@H](C)CC. The molecule has 3 rings (SSSR count). The molecule has 1 N–H and O–H groups in total. The average molecular weight is 547 g/mol. The molecule has 0 aliphatic carbocycles. The highest BCUT2D eigenvalue weighted by molar-refractivity contribution is 14.1. The Labute approximate surface area is 201 Å². The first-order valence-electron chi connectivity index (χ1n) is 10.4. The van der Waals surface area contributed by atoms with Gasteiger partial charge in [-0.3, -0.25) is 9.78 Å². The normalized spacial score (nSPS) is 12.0. The van der Waals surface area contributed by atoms with Crippen LogP contribution in [0.3, 0.4) is 0 Å². The van der Waals surface area contributed by atoms with Crippen LogP contribution in [0.1, 0.15) is 32.8 Å². The zero-order chi connectivity index (χ0) is 22.9. The lowest BCUT2D eigenvalue weighted by molar-refractivity contribution is -0.123. The number of amides is 1. The van der Waals surface area contributed by atoms with E-state index in [4.69, 9.17) is 14.2 Å². The molecule has 0 spiro atoms. The van der Waals surface area contributed by atoms with Crippen LogP contribution in [0, 0.1) is 3.57 Å². The summed E-state index contributed by atoms with van der Waals surface area (Å²) in [4.78, 5) is 16.5. The summed E-state index contributed by atoms with van der Waals surface area (Å²) in [7, 11) is 0. The van der Waals surface area contributed by atoms with Crippen LogP contribution in [0.15, 0.2) is 53.8 Å². The second kappa shape index (κ2) is 11.7. The average Bonchev–Trinajstić information content (AvgIpc) is 2.80. The molecule has 1 atom stereocenters. The van der Waals surface area contributed by atoms with Crippen molar-refractivity contribution < 1.29 is 19.0 Å². The van der Waals surface area contributed by atoms with Crippen molar-refractivity contribution in [2.75, 3.05) is 13.2 Å². The molecule has 0 saturated carbocycles. The predicted octanol–water partition coefficient (Wildman–Crippen LogP) is 4.94. The fourth-order valence-electron chi connectivity index (χ4n) is 2.87. The van der Waals surface area contributed by atoms with E-state index in [0.717, 1.165) is 26.7 Å². The van der Waals surface area contributed by atoms with Crippen LogP contribution < -0.4 is 19.6 Å². The predicted molar refractivity (Wildman–Crippen MR) is 134 cm³/mol. The van der Waals surface area contributed by atoms with Gasteiger partial charge in [0.05, 0.1) is 22.5 Å². The van der Waals surface area contributed by atoms with Crippen LogP contribution in [0.5, 0.6) is 17.2 Å². The minimum Gasteiger partial charge on any atom is -0.490 e. The summed E-state index contributed by atoms with van der Waals surface area (Å²) in [5.74, 6) is 1.56. The number of pyridine rings is 1. The number of aromatic nitrogens is 1. The van der Waals surface area contributed by atoms with Crippen molar-refractivity contribution in [3.05, 3.63) is 57.8 Å². The lowest BCUT2D eigenvalue weighted by Crippen LogP contribution is -2.24. The third-order valence-corrected chi connectivity index (χ3v) is 5.38. The Kier molecular flexibility index (Phi) is 8.66. The highest BCUT2D eigenvalue weighted by Crippen LogP contribution is 2.35. The van der Waals surface area contributed by atoms with E-state index in [0.29, 0.717) is 23.6 Å². The number of nitrogens with zero attached hydrogens (tertiary/aromatic N) is 2. The molecule has 2 aromatic carbocycles. The van der Waals surface area contributed by atoms with Gasteiger partial charge in [0, 0.05) is 11.6 Å². The molecule has 7 nitrogen and oxygen atoms in total. The van der Waals surface area contributed by atoms with Crippen molar-refractivity contribution in [3.63, 3.8) is 0 Å². The Morgan fingerprint density at radius 3 is 2.78 bits per heavy atom. The van der Waals surface area contributed by atoms with E-state index in [-0.39, 0.29) is 18.6 Å². The van der Waals surface area contributed by atoms with E-state index in [1.54, 1.807) is 18.5 Å². The number of nitrogens with one attached hydrogen (secondary N) is 1. The highest BCUT2D eigenvalue weighted by Gasteiger charge is 2.14. The topological polar surface area (TPSA) is 82.0 Å². The summed E-state index contributed by atoms with van der Waals surface area (Å²) in [6.07, 6.45) is 4.23. The maximum atomic E-state index is 12.2. The Hall–Kier alpha value is -2.88. The summed E-state index contributed by atoms with van der Waals surface area (Å²) >= 11 is 2.21. The molecule has 8 heteroatoms. The minimum atomic E-state index is -0.370. The van der Waals surface area contributed by atoms with Crippen molar-refractivity contribution in [2.45, 2.75) is 33.3 Å². The quantitative estimate of drug-likeness (QED) is 0.221. The fraction of sp³-hybridized carbons (Fsp3) is 0.292. The Morgan fingerprint density at radius 2 is 2.00 bits per heavy atom. The van der Waals surface area contributed by atoms with Crippen LogP contribution in [-0.2, 0) is 4.79 Å². The maximum Gasteiger partial charge on any atom is 0.277 e. The van der Waals surface area contributed by atoms with E-state index in [1.807, 2.05) is 50.2 Å². The number of carbonyl (C=O) groups excluding carboxylic acids is 1. The lowest BCUT2D eigenvalue weighted by atomic mass is 10.2. The van der Waals surface area contributed by atoms with Gasteiger partial charge in [0.25, 0.3) is 5.91 Å². The van der Waals surface area contributed by atoms with Crippen LogP contribution in [0.4, 0.5) is 0 Å².